The van der Waals surface area contributed by atoms with Gasteiger partial charge in [0.2, 0.25) is 0 Å². The number of benzene rings is 2. The van der Waals surface area contributed by atoms with Crippen LogP contribution in [0.5, 0.6) is 11.5 Å². The molecule has 2 N–H and O–H groups in total. The summed E-state index contributed by atoms with van der Waals surface area (Å²) in [6, 6.07) is 15.7. The molecule has 0 atom stereocenters. The van der Waals surface area contributed by atoms with Crippen LogP contribution < -0.4 is 15.2 Å². The van der Waals surface area contributed by atoms with Gasteiger partial charge in [-0.25, -0.2) is 0 Å². The van der Waals surface area contributed by atoms with Gasteiger partial charge in [-0.1, -0.05) is 25.5 Å². The minimum Gasteiger partial charge on any atom is -0.490 e. The van der Waals surface area contributed by atoms with Crippen molar-refractivity contribution in [3.8, 4) is 11.5 Å². The average Bonchev–Trinajstić information content (AvgIpc) is 2.52. The molecule has 0 aromatic heterocycles. The predicted octanol–water partition coefficient (Wildman–Crippen LogP) is 4.07. The van der Waals surface area contributed by atoms with E-state index in [9.17, 15) is 0 Å². The van der Waals surface area contributed by atoms with Gasteiger partial charge >= 0.3 is 0 Å². The first kappa shape index (κ1) is 15.2. The Hall–Kier alpha value is -2.16. The number of unbranched alkanes of at least 4 members (excludes halogenated alkanes) is 1. The van der Waals surface area contributed by atoms with Crippen LogP contribution in [-0.4, -0.2) is 13.2 Å². The molecule has 0 saturated heterocycles. The van der Waals surface area contributed by atoms with Crippen LogP contribution >= 0.6 is 0 Å². The summed E-state index contributed by atoms with van der Waals surface area (Å²) in [5.41, 5.74) is 7.72. The Labute approximate surface area is 126 Å². The van der Waals surface area contributed by atoms with Gasteiger partial charge in [0, 0.05) is 5.69 Å². The molecule has 0 fully saturated rings. The number of aryl methyl sites for hydroxylation is 1. The minimum atomic E-state index is 0.515. The normalized spacial score (nSPS) is 10.3. The summed E-state index contributed by atoms with van der Waals surface area (Å²) in [4.78, 5) is 0. The topological polar surface area (TPSA) is 44.5 Å². The molecule has 21 heavy (non-hydrogen) atoms. The molecule has 2 aromatic rings. The standard InChI is InChI=1S/C18H23NO2/c1-2-3-4-15-5-9-17(10-6-15)20-13-14-21-18-11-7-16(19)8-12-18/h5-12H,2-4,13-14,19H2,1H3. The zero-order chi connectivity index (χ0) is 14.9. The second-order valence-electron chi connectivity index (χ2n) is 5.01. The van der Waals surface area contributed by atoms with E-state index in [4.69, 9.17) is 15.2 Å². The fourth-order valence-corrected chi connectivity index (χ4v) is 2.02. The van der Waals surface area contributed by atoms with Crippen molar-refractivity contribution in [1.82, 2.24) is 0 Å². The van der Waals surface area contributed by atoms with Crippen LogP contribution in [0.1, 0.15) is 25.3 Å². The first-order valence-electron chi connectivity index (χ1n) is 7.48. The highest BCUT2D eigenvalue weighted by Crippen LogP contribution is 2.15. The molecule has 0 amide bonds. The van der Waals surface area contributed by atoms with Crippen molar-refractivity contribution in [3.05, 3.63) is 54.1 Å². The lowest BCUT2D eigenvalue weighted by Crippen LogP contribution is -2.09. The number of ether oxygens (including phenoxy) is 2. The Morgan fingerprint density at radius 1 is 0.810 bits per heavy atom. The summed E-state index contributed by atoms with van der Waals surface area (Å²) in [6.07, 6.45) is 3.59. The van der Waals surface area contributed by atoms with Gasteiger partial charge in [-0.15, -0.1) is 0 Å². The number of anilines is 1. The zero-order valence-corrected chi connectivity index (χ0v) is 12.5. The highest BCUT2D eigenvalue weighted by molar-refractivity contribution is 5.41. The monoisotopic (exact) mass is 285 g/mol. The number of nitrogens with two attached hydrogens (primary N) is 1. The molecule has 3 nitrogen and oxygen atoms in total. The minimum absolute atomic E-state index is 0.515. The van der Waals surface area contributed by atoms with Crippen LogP contribution in [0.15, 0.2) is 48.5 Å². The van der Waals surface area contributed by atoms with E-state index >= 15 is 0 Å². The van der Waals surface area contributed by atoms with Gasteiger partial charge in [0.1, 0.15) is 24.7 Å². The van der Waals surface area contributed by atoms with Crippen LogP contribution in [0, 0.1) is 0 Å². The van der Waals surface area contributed by atoms with E-state index < -0.39 is 0 Å². The molecule has 112 valence electrons. The molecule has 0 heterocycles. The highest BCUT2D eigenvalue weighted by atomic mass is 16.5. The van der Waals surface area contributed by atoms with E-state index in [1.807, 2.05) is 36.4 Å². The summed E-state index contributed by atoms with van der Waals surface area (Å²) in [7, 11) is 0. The summed E-state index contributed by atoms with van der Waals surface area (Å²) in [6.45, 7) is 3.25. The van der Waals surface area contributed by atoms with Gasteiger partial charge in [-0.2, -0.15) is 0 Å². The Morgan fingerprint density at radius 2 is 1.33 bits per heavy atom. The zero-order valence-electron chi connectivity index (χ0n) is 12.5. The predicted molar refractivity (Wildman–Crippen MR) is 86.9 cm³/mol. The van der Waals surface area contributed by atoms with Crippen molar-refractivity contribution in [3.63, 3.8) is 0 Å². The van der Waals surface area contributed by atoms with Crippen LogP contribution in [-0.2, 0) is 6.42 Å². The molecular weight excluding hydrogens is 262 g/mol. The fourth-order valence-electron chi connectivity index (χ4n) is 2.02. The molecule has 0 saturated carbocycles. The van der Waals surface area contributed by atoms with Crippen molar-refractivity contribution >= 4 is 5.69 Å². The lowest BCUT2D eigenvalue weighted by Gasteiger charge is -2.09. The molecule has 2 rings (SSSR count). The van der Waals surface area contributed by atoms with Gasteiger partial charge in [0.25, 0.3) is 0 Å². The fraction of sp³-hybridized carbons (Fsp3) is 0.333. The van der Waals surface area contributed by atoms with Gasteiger partial charge in [-0.3, -0.25) is 0 Å². The molecule has 0 bridgehead atoms. The average molecular weight is 285 g/mol. The molecular formula is C18H23NO2. The van der Waals surface area contributed by atoms with Gasteiger partial charge in [-0.05, 0) is 54.8 Å². The molecule has 0 aliphatic rings. The smallest absolute Gasteiger partial charge is 0.122 e. The number of hydrogen-bond donors (Lipinski definition) is 1. The molecule has 0 unspecified atom stereocenters. The highest BCUT2D eigenvalue weighted by Gasteiger charge is 1.97. The number of hydrogen-bond acceptors (Lipinski definition) is 3. The second kappa shape index (κ2) is 8.20. The van der Waals surface area contributed by atoms with Crippen LogP contribution in [0.3, 0.4) is 0 Å². The second-order valence-corrected chi connectivity index (χ2v) is 5.01. The summed E-state index contributed by atoms with van der Waals surface area (Å²) < 4.78 is 11.2. The third-order valence-electron chi connectivity index (χ3n) is 3.24. The van der Waals surface area contributed by atoms with Crippen molar-refractivity contribution in [2.24, 2.45) is 0 Å². The lowest BCUT2D eigenvalue weighted by molar-refractivity contribution is 0.217. The summed E-state index contributed by atoms with van der Waals surface area (Å²) in [5.74, 6) is 1.69. The Balaban J connectivity index is 1.69. The first-order valence-corrected chi connectivity index (χ1v) is 7.48. The van der Waals surface area contributed by atoms with Gasteiger partial charge in [0.15, 0.2) is 0 Å². The van der Waals surface area contributed by atoms with Crippen LogP contribution in [0.25, 0.3) is 0 Å². The van der Waals surface area contributed by atoms with Crippen LogP contribution in [0.4, 0.5) is 5.69 Å². The van der Waals surface area contributed by atoms with Crippen molar-refractivity contribution < 1.29 is 9.47 Å². The van der Waals surface area contributed by atoms with E-state index in [0.29, 0.717) is 13.2 Å². The molecule has 0 aliphatic heterocycles. The molecule has 0 aliphatic carbocycles. The number of rotatable bonds is 8. The maximum absolute atomic E-state index is 5.66. The largest absolute Gasteiger partial charge is 0.490 e. The van der Waals surface area contributed by atoms with Crippen molar-refractivity contribution in [2.45, 2.75) is 26.2 Å². The van der Waals surface area contributed by atoms with E-state index in [0.717, 1.165) is 23.6 Å². The Morgan fingerprint density at radius 3 is 1.86 bits per heavy atom. The van der Waals surface area contributed by atoms with Crippen molar-refractivity contribution in [1.29, 1.82) is 0 Å². The van der Waals surface area contributed by atoms with E-state index in [-0.39, 0.29) is 0 Å². The molecule has 0 radical (unpaired) electrons. The molecule has 2 aromatic carbocycles. The Kier molecular flexibility index (Phi) is 5.95. The first-order chi connectivity index (χ1) is 10.3. The summed E-state index contributed by atoms with van der Waals surface area (Å²) >= 11 is 0. The Bertz CT molecular complexity index is 520. The maximum atomic E-state index is 5.66. The molecule has 0 spiro atoms. The van der Waals surface area contributed by atoms with Crippen LogP contribution in [0.2, 0.25) is 0 Å². The van der Waals surface area contributed by atoms with Gasteiger partial charge < -0.3 is 15.2 Å². The number of nitrogen functional groups attached to an aromatic ring is 1. The lowest BCUT2D eigenvalue weighted by atomic mass is 10.1. The summed E-state index contributed by atoms with van der Waals surface area (Å²) in [5, 5.41) is 0. The van der Waals surface area contributed by atoms with E-state index in [2.05, 4.69) is 19.1 Å². The van der Waals surface area contributed by atoms with Crippen molar-refractivity contribution in [2.75, 3.05) is 18.9 Å². The third-order valence-corrected chi connectivity index (χ3v) is 3.24. The maximum Gasteiger partial charge on any atom is 0.122 e. The third kappa shape index (κ3) is 5.38. The quantitative estimate of drug-likeness (QED) is 0.587. The molecule has 3 heteroatoms. The van der Waals surface area contributed by atoms with E-state index in [1.54, 1.807) is 0 Å². The van der Waals surface area contributed by atoms with E-state index in [1.165, 1.54) is 18.4 Å². The van der Waals surface area contributed by atoms with Gasteiger partial charge in [0.05, 0.1) is 0 Å². The SMILES string of the molecule is CCCCc1ccc(OCCOc2ccc(N)cc2)cc1.